The molecule has 2 aliphatic rings. The molecule has 13 nitrogen and oxygen atoms in total. The van der Waals surface area contributed by atoms with Crippen molar-refractivity contribution in [2.45, 2.75) is 35.7 Å². The van der Waals surface area contributed by atoms with Crippen molar-refractivity contribution in [3.63, 3.8) is 0 Å². The Kier molecular flexibility index (Phi) is 8.90. The number of rotatable bonds is 10. The molecular formula is C30H31N5O8S4. The Labute approximate surface area is 274 Å². The number of sulfonamides is 2. The zero-order chi connectivity index (χ0) is 33.5. The molecule has 4 aromatic rings. The van der Waals surface area contributed by atoms with E-state index >= 15 is 0 Å². The Balaban J connectivity index is 1.16. The van der Waals surface area contributed by atoms with Crippen LogP contribution in [0.15, 0.2) is 107 Å². The van der Waals surface area contributed by atoms with Crippen LogP contribution in [0.4, 0.5) is 11.4 Å². The van der Waals surface area contributed by atoms with E-state index in [-0.39, 0.29) is 48.8 Å². The summed E-state index contributed by atoms with van der Waals surface area (Å²) >= 11 is 0. The van der Waals surface area contributed by atoms with Gasteiger partial charge in [-0.05, 0) is 83.6 Å². The van der Waals surface area contributed by atoms with Crippen molar-refractivity contribution in [2.24, 2.45) is 0 Å². The molecule has 0 radical (unpaired) electrons. The van der Waals surface area contributed by atoms with Crippen LogP contribution >= 0.6 is 0 Å². The number of nitrogens with zero attached hydrogens (tertiary/aromatic N) is 2. The van der Waals surface area contributed by atoms with Gasteiger partial charge in [0.2, 0.25) is 0 Å². The van der Waals surface area contributed by atoms with Crippen LogP contribution in [-0.2, 0) is 66.4 Å². The number of fused-ring (bicyclic) bond motifs is 2. The van der Waals surface area contributed by atoms with Crippen LogP contribution in [0, 0.1) is 0 Å². The molecule has 0 bridgehead atoms. The van der Waals surface area contributed by atoms with Gasteiger partial charge in [-0.1, -0.05) is 52.7 Å². The first-order valence-electron chi connectivity index (χ1n) is 14.4. The highest BCUT2D eigenvalue weighted by molar-refractivity contribution is 8.02. The number of benzene rings is 4. The van der Waals surface area contributed by atoms with E-state index in [1.807, 2.05) is 4.13 Å². The molecule has 6 rings (SSSR count). The Bertz CT molecular complexity index is 2090. The molecule has 0 saturated heterocycles. The molecule has 0 atom stereocenters. The lowest BCUT2D eigenvalue weighted by Crippen LogP contribution is -2.51. The third-order valence-electron chi connectivity index (χ3n) is 7.87. The second kappa shape index (κ2) is 12.6. The van der Waals surface area contributed by atoms with Gasteiger partial charge in [-0.25, -0.2) is 16.8 Å². The van der Waals surface area contributed by atoms with E-state index in [1.165, 1.54) is 24.3 Å². The van der Waals surface area contributed by atoms with Crippen molar-refractivity contribution in [2.75, 3.05) is 22.5 Å². The first-order valence-corrected chi connectivity index (χ1v) is 20.2. The largest absolute Gasteiger partial charge is 0.293 e. The van der Waals surface area contributed by atoms with Crippen LogP contribution in [0.1, 0.15) is 22.3 Å². The maximum Gasteiger partial charge on any atom is 0.293 e. The fourth-order valence-corrected chi connectivity index (χ4v) is 10.8. The third kappa shape index (κ3) is 7.35. The van der Waals surface area contributed by atoms with Gasteiger partial charge >= 0.3 is 0 Å². The summed E-state index contributed by atoms with van der Waals surface area (Å²) in [4.78, 5) is -0.125. The lowest BCUT2D eigenvalue weighted by molar-refractivity contribution is 0.375. The fourth-order valence-electron chi connectivity index (χ4n) is 5.44. The zero-order valence-electron chi connectivity index (χ0n) is 24.8. The van der Waals surface area contributed by atoms with Gasteiger partial charge in [0.05, 0.1) is 9.79 Å². The summed E-state index contributed by atoms with van der Waals surface area (Å²) in [5.74, 6) is 0. The lowest BCUT2D eigenvalue weighted by atomic mass is 10.0. The van der Waals surface area contributed by atoms with Gasteiger partial charge in [0.25, 0.3) is 40.5 Å². The van der Waals surface area contributed by atoms with Crippen LogP contribution < -0.4 is 13.6 Å². The molecule has 0 spiro atoms. The molecule has 2 heterocycles. The molecule has 4 aromatic carbocycles. The number of hydrogen-bond acceptors (Lipinski definition) is 8. The van der Waals surface area contributed by atoms with Crippen LogP contribution in [0.3, 0.4) is 0 Å². The van der Waals surface area contributed by atoms with Gasteiger partial charge in [-0.2, -0.15) is 25.4 Å². The van der Waals surface area contributed by atoms with Crippen molar-refractivity contribution in [3.05, 3.63) is 119 Å². The number of anilines is 2. The molecule has 47 heavy (non-hydrogen) atoms. The Hall–Kier alpha value is -3.84. The maximum atomic E-state index is 13.4. The topological polar surface area (TPSA) is 179 Å². The van der Waals surface area contributed by atoms with Gasteiger partial charge in [0.1, 0.15) is 0 Å². The van der Waals surface area contributed by atoms with E-state index in [0.29, 0.717) is 22.5 Å². The molecule has 0 amide bonds. The second-order valence-electron chi connectivity index (χ2n) is 11.1. The minimum Gasteiger partial charge on any atom is -0.280 e. The maximum absolute atomic E-state index is 13.4. The molecule has 0 unspecified atom stereocenters. The normalized spacial score (nSPS) is 16.2. The minimum absolute atomic E-state index is 0.0231. The van der Waals surface area contributed by atoms with Crippen LogP contribution in [0.5, 0.6) is 0 Å². The van der Waals surface area contributed by atoms with Crippen LogP contribution in [0.25, 0.3) is 0 Å². The zero-order valence-corrected chi connectivity index (χ0v) is 28.0. The van der Waals surface area contributed by atoms with Gasteiger partial charge in [0, 0.05) is 37.6 Å². The molecule has 0 fully saturated rings. The second-order valence-corrected chi connectivity index (χ2v) is 18.0. The molecule has 17 heteroatoms. The summed E-state index contributed by atoms with van der Waals surface area (Å²) in [6, 6.07) is 25.5. The van der Waals surface area contributed by atoms with E-state index in [0.717, 1.165) is 19.7 Å². The van der Waals surface area contributed by atoms with E-state index in [4.69, 9.17) is 0 Å². The van der Waals surface area contributed by atoms with Crippen molar-refractivity contribution >= 4 is 51.8 Å². The Morgan fingerprint density at radius 2 is 0.851 bits per heavy atom. The van der Waals surface area contributed by atoms with Gasteiger partial charge in [-0.15, -0.1) is 0 Å². The average molecular weight is 718 g/mol. The molecule has 0 saturated carbocycles. The summed E-state index contributed by atoms with van der Waals surface area (Å²) < 4.78 is 114. The van der Waals surface area contributed by atoms with E-state index in [2.05, 4.69) is 9.44 Å². The molecule has 3 N–H and O–H groups in total. The minimum atomic E-state index is -4.59. The number of nitrogens with one attached hydrogen (secondary N) is 3. The highest BCUT2D eigenvalue weighted by atomic mass is 32.3. The summed E-state index contributed by atoms with van der Waals surface area (Å²) in [5.41, 5.74) is 3.09. The first kappa shape index (κ1) is 33.1. The van der Waals surface area contributed by atoms with Crippen molar-refractivity contribution in [1.29, 1.82) is 0 Å². The number of hydrogen-bond donors (Lipinski definition) is 3. The fraction of sp³-hybridized carbons (Fsp3) is 0.200. The molecular weight excluding hydrogens is 687 g/mol. The summed E-state index contributed by atoms with van der Waals surface area (Å²) in [5, 5.41) is 0. The predicted octanol–water partition coefficient (Wildman–Crippen LogP) is 2.78. The molecule has 2 aliphatic heterocycles. The van der Waals surface area contributed by atoms with Crippen molar-refractivity contribution < 1.29 is 33.7 Å². The quantitative estimate of drug-likeness (QED) is 0.224. The lowest BCUT2D eigenvalue weighted by Gasteiger charge is -2.31. The molecule has 248 valence electrons. The van der Waals surface area contributed by atoms with Gasteiger partial charge in [-0.3, -0.25) is 9.44 Å². The van der Waals surface area contributed by atoms with Crippen LogP contribution in [-0.4, -0.2) is 55.4 Å². The Morgan fingerprint density at radius 1 is 0.468 bits per heavy atom. The predicted molar refractivity (Wildman–Crippen MR) is 177 cm³/mol. The van der Waals surface area contributed by atoms with E-state index < -0.39 is 40.5 Å². The molecule has 0 aliphatic carbocycles. The first-order chi connectivity index (χ1) is 22.2. The number of para-hydroxylation sites is 2. The van der Waals surface area contributed by atoms with Gasteiger partial charge in [0.15, 0.2) is 0 Å². The third-order valence-corrected chi connectivity index (χ3v) is 14.3. The van der Waals surface area contributed by atoms with E-state index in [1.54, 1.807) is 72.8 Å². The monoisotopic (exact) mass is 717 g/mol. The SMILES string of the molecule is O=S(=O)(Nc1ccccc1)c1ccc2c(c1)CN(S(=O)(=O)NS(=O)(=O)N1CCc3ccc(S(=O)(=O)Nc4ccccc4)cc3C1)CC2. The average Bonchev–Trinajstić information content (AvgIpc) is 3.04. The summed E-state index contributed by atoms with van der Waals surface area (Å²) in [6.07, 6.45) is 0.488. The summed E-state index contributed by atoms with van der Waals surface area (Å²) in [6.45, 7) is -0.532. The Morgan fingerprint density at radius 3 is 1.23 bits per heavy atom. The van der Waals surface area contributed by atoms with Crippen molar-refractivity contribution in [3.8, 4) is 0 Å². The molecule has 0 aromatic heterocycles. The highest BCUT2D eigenvalue weighted by Crippen LogP contribution is 2.28. The van der Waals surface area contributed by atoms with Crippen LogP contribution in [0.2, 0.25) is 0 Å². The van der Waals surface area contributed by atoms with Crippen molar-refractivity contribution in [1.82, 2.24) is 12.7 Å². The summed E-state index contributed by atoms with van der Waals surface area (Å²) in [7, 11) is -17.1. The van der Waals surface area contributed by atoms with E-state index in [9.17, 15) is 33.7 Å². The standard InChI is InChI=1S/C30H31N5O8S4/c36-44(37,31-27-7-3-1-4-8-27)29-13-11-23-15-17-34(21-25(23)19-29)46(40,41)33-47(42,43)35-18-16-24-12-14-30(20-26(24)22-35)45(38,39)32-28-9-5-2-6-10-28/h1-14,19-20,31-33H,15-18,21-22H2. The van der Waals surface area contributed by atoms with Gasteiger partial charge < -0.3 is 0 Å². The highest BCUT2D eigenvalue weighted by Gasteiger charge is 2.36. The smallest absolute Gasteiger partial charge is 0.280 e.